The number of fused-ring (bicyclic) bond motifs is 1. The van der Waals surface area contributed by atoms with Crippen LogP contribution in [0, 0.1) is 90.6 Å². The Hall–Kier alpha value is -8.00. The normalized spacial score (nSPS) is 19.1. The van der Waals surface area contributed by atoms with Crippen LogP contribution in [0.2, 0.25) is 0 Å². The molecular weight excluding hydrogens is 740 g/mol. The Morgan fingerprint density at radius 3 is 1.82 bits per heavy atom. The molecule has 5 rings (SSSR count). The number of halogens is 8. The third-order valence-corrected chi connectivity index (χ3v) is 8.29. The van der Waals surface area contributed by atoms with E-state index >= 15 is 8.78 Å². The first kappa shape index (κ1) is 38.2. The highest BCUT2D eigenvalue weighted by Crippen LogP contribution is 2.56. The van der Waals surface area contributed by atoms with Crippen molar-refractivity contribution >= 4 is 5.57 Å². The van der Waals surface area contributed by atoms with Gasteiger partial charge >= 0.3 is 12.7 Å². The first-order valence-corrected chi connectivity index (χ1v) is 14.8. The summed E-state index contributed by atoms with van der Waals surface area (Å²) in [6, 6.07) is 14.5. The standard InChI is InChI=1S/C37H10F8N8O2/c38-25-7-22-23(14-52)28(16-1-3-26(18(5-16)8-46)54-36(40,41)42)30(20(10-48)11-49)33(22)35(39)34-31(21(12-50)13-51)29(24(15-53)32(25)34)17-2-4-27(19(6-17)9-47)55-37(43,44)45/h1-2,4-7,25-26H,3H2. The van der Waals surface area contributed by atoms with Crippen molar-refractivity contribution in [2.24, 2.45) is 0 Å². The zero-order valence-electron chi connectivity index (χ0n) is 26.7. The average Bonchev–Trinajstić information content (AvgIpc) is 3.61. The van der Waals surface area contributed by atoms with Crippen LogP contribution in [0.4, 0.5) is 35.1 Å². The van der Waals surface area contributed by atoms with Crippen molar-refractivity contribution in [3.63, 3.8) is 0 Å². The molecule has 0 N–H and O–H groups in total. The van der Waals surface area contributed by atoms with Crippen molar-refractivity contribution in [1.82, 2.24) is 0 Å². The van der Waals surface area contributed by atoms with E-state index in [1.165, 1.54) is 36.4 Å². The molecule has 2 atom stereocenters. The van der Waals surface area contributed by atoms with E-state index in [-0.39, 0.29) is 11.1 Å². The van der Waals surface area contributed by atoms with Gasteiger partial charge in [0.25, 0.3) is 0 Å². The number of allylic oxidation sites excluding steroid dienone is 16. The number of nitriles is 8. The van der Waals surface area contributed by atoms with Crippen molar-refractivity contribution < 1.29 is 44.6 Å². The molecule has 2 unspecified atom stereocenters. The zero-order valence-corrected chi connectivity index (χ0v) is 26.7. The highest BCUT2D eigenvalue weighted by Gasteiger charge is 2.46. The number of nitrogens with zero attached hydrogens (tertiary/aromatic N) is 8. The minimum Gasteiger partial charge on any atom is -0.404 e. The molecular formula is C37H10F8N8O2. The first-order valence-electron chi connectivity index (χ1n) is 14.8. The van der Waals surface area contributed by atoms with E-state index in [1.54, 1.807) is 12.1 Å². The summed E-state index contributed by atoms with van der Waals surface area (Å²) in [6.45, 7) is 0. The zero-order chi connectivity index (χ0) is 40.6. The number of ether oxygens (including phenoxy) is 2. The molecule has 4 aliphatic rings. The Morgan fingerprint density at radius 1 is 0.709 bits per heavy atom. The average molecular weight is 751 g/mol. The summed E-state index contributed by atoms with van der Waals surface area (Å²) >= 11 is 0. The van der Waals surface area contributed by atoms with Crippen LogP contribution in [0.15, 0.2) is 115 Å². The predicted molar refractivity (Wildman–Crippen MR) is 165 cm³/mol. The highest BCUT2D eigenvalue weighted by molar-refractivity contribution is 6.01. The molecule has 0 amide bonds. The lowest BCUT2D eigenvalue weighted by Gasteiger charge is -2.22. The molecule has 1 aromatic carbocycles. The summed E-state index contributed by atoms with van der Waals surface area (Å²) in [5.41, 5.74) is -11.2. The summed E-state index contributed by atoms with van der Waals surface area (Å²) < 4.78 is 120. The molecule has 0 saturated carbocycles. The lowest BCUT2D eigenvalue weighted by atomic mass is 9.85. The maximum atomic E-state index is 17.5. The molecule has 0 fully saturated rings. The second-order valence-corrected chi connectivity index (χ2v) is 11.2. The van der Waals surface area contributed by atoms with Gasteiger partial charge in [0.2, 0.25) is 0 Å². The van der Waals surface area contributed by atoms with E-state index in [0.717, 1.165) is 24.3 Å². The quantitative estimate of drug-likeness (QED) is 0.216. The van der Waals surface area contributed by atoms with Crippen LogP contribution in [0.25, 0.3) is 5.57 Å². The van der Waals surface area contributed by atoms with Gasteiger partial charge in [0.05, 0.1) is 28.4 Å². The second-order valence-electron chi connectivity index (χ2n) is 11.2. The van der Waals surface area contributed by atoms with Crippen LogP contribution in [-0.2, 0) is 4.74 Å². The Balaban J connectivity index is 1.84. The van der Waals surface area contributed by atoms with E-state index in [9.17, 15) is 68.4 Å². The number of hydrogen-bond acceptors (Lipinski definition) is 10. The molecule has 0 radical (unpaired) electrons. The van der Waals surface area contributed by atoms with Gasteiger partial charge in [-0.05, 0) is 41.8 Å². The van der Waals surface area contributed by atoms with Crippen LogP contribution >= 0.6 is 0 Å². The second kappa shape index (κ2) is 14.2. The van der Waals surface area contributed by atoms with E-state index in [2.05, 4.69) is 9.47 Å². The number of rotatable bonds is 4. The van der Waals surface area contributed by atoms with Gasteiger partial charge in [0.1, 0.15) is 77.5 Å². The fraction of sp³-hybridized carbons (Fsp3) is 0.135. The molecule has 266 valence electrons. The Labute approximate surface area is 303 Å². The molecule has 0 spiro atoms. The van der Waals surface area contributed by atoms with Gasteiger partial charge in [-0.3, -0.25) is 4.74 Å². The van der Waals surface area contributed by atoms with Crippen molar-refractivity contribution in [3.05, 3.63) is 126 Å². The number of benzene rings is 1. The van der Waals surface area contributed by atoms with E-state index in [1.807, 2.05) is 0 Å². The van der Waals surface area contributed by atoms with Crippen LogP contribution in [-0.4, -0.2) is 25.0 Å². The smallest absolute Gasteiger partial charge is 0.404 e. The van der Waals surface area contributed by atoms with Crippen molar-refractivity contribution in [1.29, 1.82) is 42.1 Å². The van der Waals surface area contributed by atoms with Gasteiger partial charge < -0.3 is 4.74 Å². The lowest BCUT2D eigenvalue weighted by molar-refractivity contribution is -0.336. The molecule has 0 bridgehead atoms. The summed E-state index contributed by atoms with van der Waals surface area (Å²) in [5.74, 6) is -2.62. The number of hydrogen-bond donors (Lipinski definition) is 0. The molecule has 4 aliphatic carbocycles. The van der Waals surface area contributed by atoms with Gasteiger partial charge in [0, 0.05) is 44.6 Å². The van der Waals surface area contributed by atoms with Crippen molar-refractivity contribution in [3.8, 4) is 54.3 Å². The SMILES string of the molecule is N#CC1=CC(C2=C(C#N)C3=CC(F)C4=C(C(F)=C3C2=C(C#N)C#N)C(=C(C#N)C#N)C(c2ccc(OC(F)(F)F)c(C#N)c2)=C4C#N)=CCC1OC(F)(F)F. The third-order valence-electron chi connectivity index (χ3n) is 8.29. The Morgan fingerprint density at radius 2 is 1.31 bits per heavy atom. The third kappa shape index (κ3) is 6.62. The van der Waals surface area contributed by atoms with E-state index in [4.69, 9.17) is 0 Å². The fourth-order valence-electron chi connectivity index (χ4n) is 6.34. The summed E-state index contributed by atoms with van der Waals surface area (Å²) in [7, 11) is 0. The minimum atomic E-state index is -5.26. The van der Waals surface area contributed by atoms with E-state index < -0.39 is 121 Å². The monoisotopic (exact) mass is 750 g/mol. The van der Waals surface area contributed by atoms with Gasteiger partial charge in [-0.15, -0.1) is 26.3 Å². The summed E-state index contributed by atoms with van der Waals surface area (Å²) in [4.78, 5) is 0. The maximum Gasteiger partial charge on any atom is 0.573 e. The molecule has 55 heavy (non-hydrogen) atoms. The maximum absolute atomic E-state index is 17.5. The topological polar surface area (TPSA) is 209 Å². The molecule has 0 aliphatic heterocycles. The van der Waals surface area contributed by atoms with Crippen LogP contribution in [0.5, 0.6) is 5.75 Å². The Bertz CT molecular complexity index is 2630. The van der Waals surface area contributed by atoms with Crippen LogP contribution in [0.3, 0.4) is 0 Å². The molecule has 0 saturated heterocycles. The molecule has 0 heterocycles. The molecule has 1 aromatic rings. The van der Waals surface area contributed by atoms with Gasteiger partial charge in [-0.2, -0.15) is 42.1 Å². The van der Waals surface area contributed by atoms with Gasteiger partial charge in [-0.25, -0.2) is 8.78 Å². The predicted octanol–water partition coefficient (Wildman–Crippen LogP) is 7.75. The first-order chi connectivity index (χ1) is 26.0. The van der Waals surface area contributed by atoms with Gasteiger partial charge in [0.15, 0.2) is 0 Å². The highest BCUT2D eigenvalue weighted by atomic mass is 19.4. The molecule has 18 heteroatoms. The van der Waals surface area contributed by atoms with Gasteiger partial charge in [-0.1, -0.05) is 12.1 Å². The van der Waals surface area contributed by atoms with Crippen molar-refractivity contribution in [2.45, 2.75) is 31.4 Å². The summed E-state index contributed by atoms with van der Waals surface area (Å²) in [6.07, 6.45) is -13.1. The van der Waals surface area contributed by atoms with Crippen LogP contribution < -0.4 is 4.74 Å². The fourth-order valence-corrected chi connectivity index (χ4v) is 6.34. The van der Waals surface area contributed by atoms with Crippen LogP contribution in [0.1, 0.15) is 17.5 Å². The molecule has 10 nitrogen and oxygen atoms in total. The Kier molecular flexibility index (Phi) is 9.87. The lowest BCUT2D eigenvalue weighted by Crippen LogP contribution is -2.26. The van der Waals surface area contributed by atoms with E-state index in [0.29, 0.717) is 12.1 Å². The largest absolute Gasteiger partial charge is 0.573 e. The summed E-state index contributed by atoms with van der Waals surface area (Å²) in [5, 5.41) is 79.7. The molecule has 0 aromatic heterocycles. The van der Waals surface area contributed by atoms with Crippen molar-refractivity contribution in [2.75, 3.05) is 0 Å². The minimum absolute atomic E-state index is 0.273. The number of alkyl halides is 7.